The Morgan fingerprint density at radius 1 is 1.00 bits per heavy atom. The highest BCUT2D eigenvalue weighted by Gasteiger charge is 1.96. The van der Waals surface area contributed by atoms with Crippen LogP contribution < -0.4 is 0 Å². The third-order valence-electron chi connectivity index (χ3n) is 3.12. The fraction of sp³-hybridized carbons (Fsp3) is 0.611. The maximum absolute atomic E-state index is 10.3. The molecule has 0 saturated carbocycles. The van der Waals surface area contributed by atoms with E-state index in [0.717, 1.165) is 44.9 Å². The number of aliphatic hydroxyl groups excluding tert-OH is 1. The molecule has 2 N–H and O–H groups in total. The van der Waals surface area contributed by atoms with Gasteiger partial charge in [-0.2, -0.15) is 0 Å². The van der Waals surface area contributed by atoms with Crippen LogP contribution in [0.3, 0.4) is 0 Å². The van der Waals surface area contributed by atoms with Gasteiger partial charge in [0.15, 0.2) is 0 Å². The zero-order valence-electron chi connectivity index (χ0n) is 13.2. The van der Waals surface area contributed by atoms with Crippen LogP contribution in [0.4, 0.5) is 0 Å². The van der Waals surface area contributed by atoms with Crippen molar-refractivity contribution in [1.29, 1.82) is 0 Å². The van der Waals surface area contributed by atoms with Gasteiger partial charge in [0.25, 0.3) is 0 Å². The van der Waals surface area contributed by atoms with Gasteiger partial charge in [-0.05, 0) is 32.1 Å². The predicted octanol–water partition coefficient (Wildman–Crippen LogP) is 4.63. The highest BCUT2D eigenvalue weighted by molar-refractivity contribution is 5.66. The third kappa shape index (κ3) is 16.6. The van der Waals surface area contributed by atoms with Crippen LogP contribution in [-0.4, -0.2) is 22.3 Å². The van der Waals surface area contributed by atoms with E-state index in [2.05, 4.69) is 19.1 Å². The Labute approximate surface area is 129 Å². The number of carbonyl (C=O) groups is 1. The lowest BCUT2D eigenvalue weighted by Gasteiger charge is -1.99. The van der Waals surface area contributed by atoms with E-state index in [1.165, 1.54) is 0 Å². The lowest BCUT2D eigenvalue weighted by atomic mass is 10.1. The summed E-state index contributed by atoms with van der Waals surface area (Å²) in [6.45, 7) is 2.08. The molecule has 120 valence electrons. The molecular weight excluding hydrogens is 264 g/mol. The number of rotatable bonds is 13. The van der Waals surface area contributed by atoms with Gasteiger partial charge in [-0.1, -0.05) is 62.6 Å². The van der Waals surface area contributed by atoms with Crippen molar-refractivity contribution in [2.75, 3.05) is 0 Å². The highest BCUT2D eigenvalue weighted by Crippen LogP contribution is 2.07. The first kappa shape index (κ1) is 19.7. The fourth-order valence-electron chi connectivity index (χ4n) is 1.92. The molecule has 3 heteroatoms. The van der Waals surface area contributed by atoms with Gasteiger partial charge < -0.3 is 10.2 Å². The molecule has 0 rings (SSSR count). The number of aliphatic hydroxyl groups is 1. The Bertz CT molecular complexity index is 329. The monoisotopic (exact) mass is 294 g/mol. The molecule has 0 saturated heterocycles. The van der Waals surface area contributed by atoms with Gasteiger partial charge in [0, 0.05) is 6.42 Å². The smallest absolute Gasteiger partial charge is 0.303 e. The molecule has 0 aromatic carbocycles. The molecule has 0 bridgehead atoms. The summed E-state index contributed by atoms with van der Waals surface area (Å²) in [7, 11) is 0. The number of aliphatic carboxylic acids is 1. The van der Waals surface area contributed by atoms with Gasteiger partial charge in [0.05, 0.1) is 6.10 Å². The summed E-state index contributed by atoms with van der Waals surface area (Å²) in [5.74, 6) is -0.697. The molecule has 0 aliphatic carbocycles. The molecule has 0 radical (unpaired) electrons. The highest BCUT2D eigenvalue weighted by atomic mass is 16.4. The van der Waals surface area contributed by atoms with E-state index in [0.29, 0.717) is 12.8 Å². The second kappa shape index (κ2) is 15.0. The second-order valence-corrected chi connectivity index (χ2v) is 5.20. The predicted molar refractivity (Wildman–Crippen MR) is 88.3 cm³/mol. The second-order valence-electron chi connectivity index (χ2n) is 5.20. The molecule has 0 aromatic heterocycles. The molecule has 0 fully saturated rings. The van der Waals surface area contributed by atoms with Crippen LogP contribution in [-0.2, 0) is 4.79 Å². The van der Waals surface area contributed by atoms with Gasteiger partial charge in [-0.25, -0.2) is 0 Å². The number of carboxylic acids is 1. The van der Waals surface area contributed by atoms with E-state index in [4.69, 9.17) is 5.11 Å². The Hall–Kier alpha value is -1.35. The topological polar surface area (TPSA) is 57.5 Å². The van der Waals surface area contributed by atoms with Crippen LogP contribution in [0.2, 0.25) is 0 Å². The summed E-state index contributed by atoms with van der Waals surface area (Å²) in [6, 6.07) is 0. The van der Waals surface area contributed by atoms with Crippen molar-refractivity contribution in [3.63, 3.8) is 0 Å². The zero-order valence-corrected chi connectivity index (χ0v) is 13.2. The van der Waals surface area contributed by atoms with Crippen molar-refractivity contribution in [3.05, 3.63) is 36.5 Å². The van der Waals surface area contributed by atoms with Crippen molar-refractivity contribution >= 4 is 5.97 Å². The van der Waals surface area contributed by atoms with Gasteiger partial charge in [-0.15, -0.1) is 0 Å². The molecule has 0 aliphatic rings. The van der Waals surface area contributed by atoms with Crippen molar-refractivity contribution in [1.82, 2.24) is 0 Å². The normalized spacial score (nSPS) is 13.6. The first-order valence-electron chi connectivity index (χ1n) is 8.05. The van der Waals surface area contributed by atoms with E-state index in [1.54, 1.807) is 0 Å². The average Bonchev–Trinajstić information content (AvgIpc) is 2.44. The maximum atomic E-state index is 10.3. The van der Waals surface area contributed by atoms with Crippen LogP contribution in [0.15, 0.2) is 36.5 Å². The van der Waals surface area contributed by atoms with Crippen molar-refractivity contribution < 1.29 is 15.0 Å². The molecular formula is C18H30O3. The lowest BCUT2D eigenvalue weighted by molar-refractivity contribution is -0.137. The minimum atomic E-state index is -0.697. The molecule has 0 unspecified atom stereocenters. The minimum absolute atomic E-state index is 0.292. The number of hydrogen-bond donors (Lipinski definition) is 2. The average molecular weight is 294 g/mol. The summed E-state index contributed by atoms with van der Waals surface area (Å²) in [5, 5.41) is 18.1. The van der Waals surface area contributed by atoms with E-state index in [9.17, 15) is 9.90 Å². The summed E-state index contributed by atoms with van der Waals surface area (Å²) < 4.78 is 0. The summed E-state index contributed by atoms with van der Waals surface area (Å²) >= 11 is 0. The zero-order chi connectivity index (χ0) is 15.8. The minimum Gasteiger partial charge on any atom is -0.481 e. The van der Waals surface area contributed by atoms with E-state index in [1.807, 2.05) is 24.3 Å². The summed E-state index contributed by atoms with van der Waals surface area (Å²) in [4.78, 5) is 10.3. The first-order chi connectivity index (χ1) is 10.2. The molecule has 1 atom stereocenters. The standard InChI is InChI=1S/C18H30O3/c1-2-3-11-14-17(19)15-12-9-7-5-4-6-8-10-13-16-18(20)21/h3,7,9,11-12,15,17,19H,2,4-6,8,10,13-14,16H2,1H3,(H,20,21)/t17-/m1/s1. The van der Waals surface area contributed by atoms with E-state index in [-0.39, 0.29) is 0 Å². The molecule has 0 heterocycles. The van der Waals surface area contributed by atoms with Crippen molar-refractivity contribution in [2.24, 2.45) is 0 Å². The Morgan fingerprint density at radius 3 is 2.43 bits per heavy atom. The molecule has 21 heavy (non-hydrogen) atoms. The largest absolute Gasteiger partial charge is 0.481 e. The molecule has 0 aliphatic heterocycles. The number of allylic oxidation sites excluding steroid dienone is 4. The van der Waals surface area contributed by atoms with Gasteiger partial charge in [-0.3, -0.25) is 4.79 Å². The summed E-state index contributed by atoms with van der Waals surface area (Å²) in [6.07, 6.45) is 19.7. The van der Waals surface area contributed by atoms with Crippen LogP contribution in [0.1, 0.15) is 64.7 Å². The maximum Gasteiger partial charge on any atom is 0.303 e. The van der Waals surface area contributed by atoms with Gasteiger partial charge in [0.2, 0.25) is 0 Å². The number of unbranched alkanes of at least 4 members (excludes halogenated alkanes) is 5. The SMILES string of the molecule is CCC=CC[C@@H](O)C=CC=CCCCCCCCC(=O)O. The Kier molecular flexibility index (Phi) is 14.1. The summed E-state index contributed by atoms with van der Waals surface area (Å²) in [5.41, 5.74) is 0. The molecule has 0 amide bonds. The molecule has 3 nitrogen and oxygen atoms in total. The number of hydrogen-bond acceptors (Lipinski definition) is 2. The van der Waals surface area contributed by atoms with Gasteiger partial charge >= 0.3 is 5.97 Å². The van der Waals surface area contributed by atoms with Crippen LogP contribution in [0.5, 0.6) is 0 Å². The van der Waals surface area contributed by atoms with Crippen LogP contribution in [0, 0.1) is 0 Å². The van der Waals surface area contributed by atoms with Crippen molar-refractivity contribution in [3.8, 4) is 0 Å². The van der Waals surface area contributed by atoms with Gasteiger partial charge in [0.1, 0.15) is 0 Å². The van der Waals surface area contributed by atoms with E-state index >= 15 is 0 Å². The molecule has 0 aromatic rings. The quantitative estimate of drug-likeness (QED) is 0.296. The van der Waals surface area contributed by atoms with E-state index < -0.39 is 12.1 Å². The van der Waals surface area contributed by atoms with Crippen LogP contribution >= 0.6 is 0 Å². The first-order valence-corrected chi connectivity index (χ1v) is 8.05. The third-order valence-corrected chi connectivity index (χ3v) is 3.12. The fourth-order valence-corrected chi connectivity index (χ4v) is 1.92. The Morgan fingerprint density at radius 2 is 1.71 bits per heavy atom. The van der Waals surface area contributed by atoms with Crippen molar-refractivity contribution in [2.45, 2.75) is 70.8 Å². The lowest BCUT2D eigenvalue weighted by Crippen LogP contribution is -1.98. The number of carboxylic acid groups (broad SMARTS) is 1. The van der Waals surface area contributed by atoms with Crippen LogP contribution in [0.25, 0.3) is 0 Å². The molecule has 0 spiro atoms. The Balaban J connectivity index is 3.43.